The van der Waals surface area contributed by atoms with E-state index in [4.69, 9.17) is 5.73 Å². The van der Waals surface area contributed by atoms with Crippen molar-refractivity contribution < 1.29 is 4.79 Å². The van der Waals surface area contributed by atoms with Gasteiger partial charge >= 0.3 is 0 Å². The number of likely N-dealkylation sites (N-methyl/N-ethyl adjacent to an activating group) is 1. The van der Waals surface area contributed by atoms with Crippen LogP contribution < -0.4 is 5.73 Å². The van der Waals surface area contributed by atoms with E-state index in [-0.39, 0.29) is 12.5 Å². The summed E-state index contributed by atoms with van der Waals surface area (Å²) in [6.07, 6.45) is 0. The monoisotopic (exact) mass is 171 g/mol. The molecule has 2 N–H and O–H groups in total. The van der Waals surface area contributed by atoms with Crippen molar-refractivity contribution >= 4 is 5.91 Å². The lowest BCUT2D eigenvalue weighted by Gasteiger charge is -2.37. The Balaban J connectivity index is 2.45. The number of amides is 1. The number of carbonyl (C=O) groups is 1. The smallest absolute Gasteiger partial charge is 0.236 e. The molecule has 1 aliphatic rings. The highest BCUT2D eigenvalue weighted by Gasteiger charge is 2.22. The van der Waals surface area contributed by atoms with Crippen LogP contribution in [-0.2, 0) is 4.79 Å². The van der Waals surface area contributed by atoms with E-state index in [0.29, 0.717) is 6.04 Å². The van der Waals surface area contributed by atoms with Gasteiger partial charge in [0.25, 0.3) is 0 Å². The fraction of sp³-hybridized carbons (Fsp3) is 0.875. The minimum Gasteiger partial charge on any atom is -0.339 e. The van der Waals surface area contributed by atoms with E-state index in [2.05, 4.69) is 18.9 Å². The maximum Gasteiger partial charge on any atom is 0.236 e. The fourth-order valence-corrected chi connectivity index (χ4v) is 1.40. The van der Waals surface area contributed by atoms with E-state index in [1.807, 2.05) is 4.90 Å². The van der Waals surface area contributed by atoms with E-state index in [1.54, 1.807) is 0 Å². The van der Waals surface area contributed by atoms with Gasteiger partial charge in [0.2, 0.25) is 5.91 Å². The molecule has 0 aromatic carbocycles. The van der Waals surface area contributed by atoms with Gasteiger partial charge < -0.3 is 15.5 Å². The third-order valence-electron chi connectivity index (χ3n) is 2.49. The van der Waals surface area contributed by atoms with E-state index in [0.717, 1.165) is 19.6 Å². The fourth-order valence-electron chi connectivity index (χ4n) is 1.40. The molecule has 0 saturated carbocycles. The van der Waals surface area contributed by atoms with Crippen molar-refractivity contribution in [1.82, 2.24) is 9.80 Å². The van der Waals surface area contributed by atoms with Gasteiger partial charge in [-0.2, -0.15) is 0 Å². The first-order valence-corrected chi connectivity index (χ1v) is 4.33. The minimum atomic E-state index is 0.0648. The summed E-state index contributed by atoms with van der Waals surface area (Å²) in [5.41, 5.74) is 5.28. The lowest BCUT2D eigenvalue weighted by atomic mass is 10.2. The number of rotatable bonds is 1. The van der Waals surface area contributed by atoms with Crippen LogP contribution in [0.1, 0.15) is 6.92 Å². The van der Waals surface area contributed by atoms with Crippen LogP contribution in [0.15, 0.2) is 0 Å². The van der Waals surface area contributed by atoms with Crippen LogP contribution in [-0.4, -0.2) is 55.0 Å². The highest BCUT2D eigenvalue weighted by molar-refractivity contribution is 5.78. The molecule has 0 bridgehead atoms. The summed E-state index contributed by atoms with van der Waals surface area (Å²) in [5.74, 6) is 0.0648. The molecule has 4 nitrogen and oxygen atoms in total. The lowest BCUT2D eigenvalue weighted by molar-refractivity contribution is -0.132. The molecule has 0 aliphatic carbocycles. The number of carbonyl (C=O) groups excluding carboxylic acids is 1. The van der Waals surface area contributed by atoms with Crippen LogP contribution >= 0.6 is 0 Å². The van der Waals surface area contributed by atoms with Gasteiger partial charge in [0.15, 0.2) is 0 Å². The van der Waals surface area contributed by atoms with Gasteiger partial charge in [0, 0.05) is 25.7 Å². The Kier molecular flexibility index (Phi) is 3.05. The van der Waals surface area contributed by atoms with Crippen molar-refractivity contribution in [3.63, 3.8) is 0 Å². The van der Waals surface area contributed by atoms with Crippen molar-refractivity contribution in [3.8, 4) is 0 Å². The van der Waals surface area contributed by atoms with E-state index in [1.165, 1.54) is 0 Å². The zero-order valence-corrected chi connectivity index (χ0v) is 7.79. The summed E-state index contributed by atoms with van der Waals surface area (Å²) in [7, 11) is 2.08. The maximum atomic E-state index is 11.2. The molecular formula is C8H17N3O. The SMILES string of the molecule is CC1CN(C(=O)CN)CCN1C. The van der Waals surface area contributed by atoms with Crippen LogP contribution in [0, 0.1) is 0 Å². The maximum absolute atomic E-state index is 11.2. The molecule has 4 heteroatoms. The van der Waals surface area contributed by atoms with Gasteiger partial charge in [-0.25, -0.2) is 0 Å². The molecule has 1 atom stereocenters. The van der Waals surface area contributed by atoms with Crippen LogP contribution in [0.5, 0.6) is 0 Å². The Morgan fingerprint density at radius 1 is 1.58 bits per heavy atom. The average Bonchev–Trinajstić information content (AvgIpc) is 2.08. The van der Waals surface area contributed by atoms with Gasteiger partial charge in [0.05, 0.1) is 6.54 Å². The molecule has 1 unspecified atom stereocenters. The molecule has 1 amide bonds. The summed E-state index contributed by atoms with van der Waals surface area (Å²) in [5, 5.41) is 0. The molecule has 1 saturated heterocycles. The molecule has 0 spiro atoms. The predicted molar refractivity (Wildman–Crippen MR) is 47.7 cm³/mol. The zero-order chi connectivity index (χ0) is 9.14. The number of nitrogens with zero attached hydrogens (tertiary/aromatic N) is 2. The normalized spacial score (nSPS) is 25.9. The Bertz CT molecular complexity index is 172. The molecular weight excluding hydrogens is 154 g/mol. The van der Waals surface area contributed by atoms with Crippen LogP contribution in [0.2, 0.25) is 0 Å². The Morgan fingerprint density at radius 2 is 2.25 bits per heavy atom. The summed E-state index contributed by atoms with van der Waals surface area (Å²) in [4.78, 5) is 15.3. The second-order valence-corrected chi connectivity index (χ2v) is 3.37. The molecule has 1 rings (SSSR count). The Hall–Kier alpha value is -0.610. The van der Waals surface area contributed by atoms with Gasteiger partial charge in [-0.05, 0) is 14.0 Å². The Morgan fingerprint density at radius 3 is 2.75 bits per heavy atom. The highest BCUT2D eigenvalue weighted by Crippen LogP contribution is 2.06. The van der Waals surface area contributed by atoms with Crippen molar-refractivity contribution in [3.05, 3.63) is 0 Å². The second-order valence-electron chi connectivity index (χ2n) is 3.37. The predicted octanol–water partition coefficient (Wildman–Crippen LogP) is -0.892. The van der Waals surface area contributed by atoms with Gasteiger partial charge in [-0.15, -0.1) is 0 Å². The molecule has 12 heavy (non-hydrogen) atoms. The minimum absolute atomic E-state index is 0.0648. The van der Waals surface area contributed by atoms with Crippen molar-refractivity contribution in [2.45, 2.75) is 13.0 Å². The molecule has 1 fully saturated rings. The summed E-state index contributed by atoms with van der Waals surface area (Å²) in [6, 6.07) is 0.453. The number of hydrogen-bond acceptors (Lipinski definition) is 3. The van der Waals surface area contributed by atoms with Crippen LogP contribution in [0.25, 0.3) is 0 Å². The molecule has 1 heterocycles. The lowest BCUT2D eigenvalue weighted by Crippen LogP contribution is -2.53. The molecule has 1 aliphatic heterocycles. The van der Waals surface area contributed by atoms with E-state index >= 15 is 0 Å². The van der Waals surface area contributed by atoms with Gasteiger partial charge in [-0.1, -0.05) is 0 Å². The largest absolute Gasteiger partial charge is 0.339 e. The topological polar surface area (TPSA) is 49.6 Å². The molecule has 70 valence electrons. The van der Waals surface area contributed by atoms with Crippen molar-refractivity contribution in [2.75, 3.05) is 33.2 Å². The van der Waals surface area contributed by atoms with Gasteiger partial charge in [0.1, 0.15) is 0 Å². The third kappa shape index (κ3) is 1.95. The van der Waals surface area contributed by atoms with E-state index in [9.17, 15) is 4.79 Å². The first-order valence-electron chi connectivity index (χ1n) is 4.33. The quantitative estimate of drug-likeness (QED) is 0.556. The molecule has 0 radical (unpaired) electrons. The summed E-state index contributed by atoms with van der Waals surface area (Å²) in [6.45, 7) is 4.84. The van der Waals surface area contributed by atoms with E-state index < -0.39 is 0 Å². The highest BCUT2D eigenvalue weighted by atomic mass is 16.2. The van der Waals surface area contributed by atoms with Crippen molar-refractivity contribution in [2.24, 2.45) is 5.73 Å². The zero-order valence-electron chi connectivity index (χ0n) is 7.79. The van der Waals surface area contributed by atoms with Crippen molar-refractivity contribution in [1.29, 1.82) is 0 Å². The number of nitrogens with two attached hydrogens (primary N) is 1. The average molecular weight is 171 g/mol. The third-order valence-corrected chi connectivity index (χ3v) is 2.49. The van der Waals surface area contributed by atoms with Crippen LogP contribution in [0.4, 0.5) is 0 Å². The summed E-state index contributed by atoms with van der Waals surface area (Å²) >= 11 is 0. The standard InChI is InChI=1S/C8H17N3O/c1-7-6-11(8(12)5-9)4-3-10(7)2/h7H,3-6,9H2,1-2H3. The first-order chi connectivity index (χ1) is 5.65. The second kappa shape index (κ2) is 3.87. The first kappa shape index (κ1) is 9.48. The molecule has 0 aromatic rings. The summed E-state index contributed by atoms with van der Waals surface area (Å²) < 4.78 is 0. The number of hydrogen-bond donors (Lipinski definition) is 1. The van der Waals surface area contributed by atoms with Crippen LogP contribution in [0.3, 0.4) is 0 Å². The number of piperazine rings is 1. The molecule has 0 aromatic heterocycles. The van der Waals surface area contributed by atoms with Gasteiger partial charge in [-0.3, -0.25) is 4.79 Å². The Labute approximate surface area is 73.3 Å².